The molecule has 2 fully saturated rings. The minimum atomic E-state index is -0.130. The van der Waals surface area contributed by atoms with Crippen molar-refractivity contribution in [3.63, 3.8) is 0 Å². The Kier molecular flexibility index (Phi) is 4.37. The van der Waals surface area contributed by atoms with Crippen LogP contribution in [-0.2, 0) is 0 Å². The topological polar surface area (TPSA) is 32.3 Å². The highest BCUT2D eigenvalue weighted by molar-refractivity contribution is 5.23. The Morgan fingerprint density at radius 3 is 2.80 bits per heavy atom. The molecular formula is C17H24FNO. The molecule has 2 atom stereocenters. The van der Waals surface area contributed by atoms with Crippen LogP contribution in [0.15, 0.2) is 24.3 Å². The average Bonchev–Trinajstić information content (AvgIpc) is 2.37. The van der Waals surface area contributed by atoms with Crippen molar-refractivity contribution in [2.24, 2.45) is 5.92 Å². The Morgan fingerprint density at radius 1 is 1.20 bits per heavy atom. The zero-order valence-corrected chi connectivity index (χ0v) is 11.9. The van der Waals surface area contributed by atoms with Crippen molar-refractivity contribution in [3.8, 4) is 0 Å². The van der Waals surface area contributed by atoms with Gasteiger partial charge in [0.05, 0.1) is 6.10 Å². The number of aliphatic hydroxyl groups excluding tert-OH is 1. The van der Waals surface area contributed by atoms with E-state index < -0.39 is 0 Å². The predicted molar refractivity (Wildman–Crippen MR) is 78.1 cm³/mol. The van der Waals surface area contributed by atoms with Gasteiger partial charge in [-0.25, -0.2) is 4.39 Å². The quantitative estimate of drug-likeness (QED) is 0.885. The number of halogens is 1. The van der Waals surface area contributed by atoms with Crippen molar-refractivity contribution < 1.29 is 9.50 Å². The van der Waals surface area contributed by atoms with Crippen molar-refractivity contribution in [3.05, 3.63) is 35.6 Å². The summed E-state index contributed by atoms with van der Waals surface area (Å²) in [7, 11) is 0. The molecular weight excluding hydrogens is 253 g/mol. The van der Waals surface area contributed by atoms with E-state index in [1.54, 1.807) is 12.1 Å². The highest BCUT2D eigenvalue weighted by Crippen LogP contribution is 2.37. The van der Waals surface area contributed by atoms with E-state index in [0.717, 1.165) is 44.2 Å². The van der Waals surface area contributed by atoms with Crippen LogP contribution in [0.1, 0.15) is 50.0 Å². The van der Waals surface area contributed by atoms with Crippen LogP contribution in [0.2, 0.25) is 0 Å². The molecule has 110 valence electrons. The van der Waals surface area contributed by atoms with Gasteiger partial charge in [0.1, 0.15) is 5.82 Å². The molecule has 2 unspecified atom stereocenters. The molecule has 0 amide bonds. The van der Waals surface area contributed by atoms with E-state index in [0.29, 0.717) is 17.9 Å². The summed E-state index contributed by atoms with van der Waals surface area (Å²) in [6.45, 7) is 1.03. The number of rotatable bonds is 4. The van der Waals surface area contributed by atoms with Crippen molar-refractivity contribution in [2.45, 2.75) is 56.6 Å². The first kappa shape index (κ1) is 14.0. The summed E-state index contributed by atoms with van der Waals surface area (Å²) in [5.74, 6) is 1.02. The minimum absolute atomic E-state index is 0.0861. The molecule has 20 heavy (non-hydrogen) atoms. The van der Waals surface area contributed by atoms with E-state index in [1.165, 1.54) is 12.5 Å². The number of benzene rings is 1. The summed E-state index contributed by atoms with van der Waals surface area (Å²) in [6.07, 6.45) is 6.46. The van der Waals surface area contributed by atoms with E-state index in [2.05, 4.69) is 5.32 Å². The molecule has 0 radical (unpaired) electrons. The normalized spacial score (nSPS) is 33.7. The Bertz CT molecular complexity index is 444. The maximum absolute atomic E-state index is 13.2. The average molecular weight is 277 g/mol. The van der Waals surface area contributed by atoms with Crippen molar-refractivity contribution in [2.75, 3.05) is 6.54 Å². The molecule has 0 saturated heterocycles. The van der Waals surface area contributed by atoms with E-state index in [-0.39, 0.29) is 11.9 Å². The van der Waals surface area contributed by atoms with Gasteiger partial charge in [-0.05, 0) is 68.2 Å². The molecule has 2 aliphatic carbocycles. The first-order chi connectivity index (χ1) is 9.70. The highest BCUT2D eigenvalue weighted by atomic mass is 19.1. The fourth-order valence-corrected chi connectivity index (χ4v) is 3.60. The summed E-state index contributed by atoms with van der Waals surface area (Å²) < 4.78 is 13.2. The lowest BCUT2D eigenvalue weighted by molar-refractivity contribution is 0.0976. The summed E-state index contributed by atoms with van der Waals surface area (Å²) in [4.78, 5) is 0. The zero-order valence-electron chi connectivity index (χ0n) is 11.9. The molecule has 1 aromatic carbocycles. The van der Waals surface area contributed by atoms with Crippen LogP contribution >= 0.6 is 0 Å². The number of hydrogen-bond donors (Lipinski definition) is 2. The predicted octanol–water partition coefficient (Wildman–Crippen LogP) is 3.21. The van der Waals surface area contributed by atoms with Crippen LogP contribution < -0.4 is 5.32 Å². The van der Waals surface area contributed by atoms with Gasteiger partial charge in [0.15, 0.2) is 0 Å². The standard InChI is InChI=1S/C17H24FNO/c18-15-5-2-4-13(8-15)14-9-16(10-14)19-11-12-3-1-6-17(20)7-12/h2,4-5,8,12,14,16-17,19-20H,1,3,6-7,9-11H2. The molecule has 0 bridgehead atoms. The van der Waals surface area contributed by atoms with Gasteiger partial charge >= 0.3 is 0 Å². The van der Waals surface area contributed by atoms with Crippen LogP contribution in [0.4, 0.5) is 4.39 Å². The van der Waals surface area contributed by atoms with Crippen LogP contribution in [0.5, 0.6) is 0 Å². The third-order valence-corrected chi connectivity index (χ3v) is 4.91. The SMILES string of the molecule is OC1CCCC(CNC2CC(c3cccc(F)c3)C2)C1. The Labute approximate surface area is 120 Å². The molecule has 0 heterocycles. The number of aliphatic hydroxyl groups is 1. The third-order valence-electron chi connectivity index (χ3n) is 4.91. The molecule has 2 N–H and O–H groups in total. The first-order valence-corrected chi connectivity index (χ1v) is 7.87. The number of nitrogens with one attached hydrogen (secondary N) is 1. The highest BCUT2D eigenvalue weighted by Gasteiger charge is 2.31. The van der Waals surface area contributed by atoms with Gasteiger partial charge in [-0.3, -0.25) is 0 Å². The summed E-state index contributed by atoms with van der Waals surface area (Å²) in [5, 5.41) is 13.3. The lowest BCUT2D eigenvalue weighted by Crippen LogP contribution is -2.43. The van der Waals surface area contributed by atoms with E-state index in [9.17, 15) is 9.50 Å². The Balaban J connectivity index is 1.40. The van der Waals surface area contributed by atoms with Gasteiger partial charge < -0.3 is 10.4 Å². The lowest BCUT2D eigenvalue weighted by atomic mass is 9.75. The van der Waals surface area contributed by atoms with Gasteiger partial charge in [-0.2, -0.15) is 0 Å². The third kappa shape index (κ3) is 3.39. The van der Waals surface area contributed by atoms with Crippen LogP contribution in [0.25, 0.3) is 0 Å². The second-order valence-corrected chi connectivity index (χ2v) is 6.51. The molecule has 0 aliphatic heterocycles. The summed E-state index contributed by atoms with van der Waals surface area (Å²) in [6, 6.07) is 7.57. The second-order valence-electron chi connectivity index (χ2n) is 6.51. The van der Waals surface area contributed by atoms with Gasteiger partial charge in [-0.1, -0.05) is 18.6 Å². The molecule has 1 aromatic rings. The van der Waals surface area contributed by atoms with E-state index in [1.807, 2.05) is 6.07 Å². The van der Waals surface area contributed by atoms with E-state index in [4.69, 9.17) is 0 Å². The van der Waals surface area contributed by atoms with Gasteiger partial charge in [-0.15, -0.1) is 0 Å². The summed E-state index contributed by atoms with van der Waals surface area (Å²) >= 11 is 0. The number of hydrogen-bond acceptors (Lipinski definition) is 2. The Hall–Kier alpha value is -0.930. The molecule has 0 aromatic heterocycles. The maximum atomic E-state index is 13.2. The smallest absolute Gasteiger partial charge is 0.123 e. The molecule has 3 heteroatoms. The molecule has 2 aliphatic rings. The Morgan fingerprint density at radius 2 is 2.05 bits per heavy atom. The molecule has 3 rings (SSSR count). The fraction of sp³-hybridized carbons (Fsp3) is 0.647. The van der Waals surface area contributed by atoms with Gasteiger partial charge in [0.25, 0.3) is 0 Å². The van der Waals surface area contributed by atoms with Crippen LogP contribution in [0.3, 0.4) is 0 Å². The second kappa shape index (κ2) is 6.23. The van der Waals surface area contributed by atoms with Crippen LogP contribution in [-0.4, -0.2) is 23.8 Å². The monoisotopic (exact) mass is 277 g/mol. The fourth-order valence-electron chi connectivity index (χ4n) is 3.60. The molecule has 2 nitrogen and oxygen atoms in total. The first-order valence-electron chi connectivity index (χ1n) is 7.87. The lowest BCUT2D eigenvalue weighted by Gasteiger charge is -2.38. The zero-order chi connectivity index (χ0) is 13.9. The van der Waals surface area contributed by atoms with Gasteiger partial charge in [0.2, 0.25) is 0 Å². The minimum Gasteiger partial charge on any atom is -0.393 e. The largest absolute Gasteiger partial charge is 0.393 e. The molecule has 0 spiro atoms. The molecule has 2 saturated carbocycles. The van der Waals surface area contributed by atoms with Gasteiger partial charge in [0, 0.05) is 6.04 Å². The summed E-state index contributed by atoms with van der Waals surface area (Å²) in [5.41, 5.74) is 1.14. The van der Waals surface area contributed by atoms with E-state index >= 15 is 0 Å². The maximum Gasteiger partial charge on any atom is 0.123 e. The van der Waals surface area contributed by atoms with Crippen molar-refractivity contribution in [1.82, 2.24) is 5.32 Å². The van der Waals surface area contributed by atoms with Crippen molar-refractivity contribution >= 4 is 0 Å². The van der Waals surface area contributed by atoms with Crippen LogP contribution in [0, 0.1) is 11.7 Å². The van der Waals surface area contributed by atoms with Crippen molar-refractivity contribution in [1.29, 1.82) is 0 Å².